The Kier molecular flexibility index (Phi) is 3.62. The molecule has 1 aromatic carbocycles. The third kappa shape index (κ3) is 3.02. The van der Waals surface area contributed by atoms with Gasteiger partial charge in [0.1, 0.15) is 0 Å². The maximum atomic E-state index is 10.9. The Morgan fingerprint density at radius 1 is 1.56 bits per heavy atom. The number of halogens is 1. The molecule has 0 aliphatic carbocycles. The minimum Gasteiger partial charge on any atom is -0.504 e. The van der Waals surface area contributed by atoms with Crippen molar-refractivity contribution >= 4 is 19.7 Å². The van der Waals surface area contributed by atoms with Crippen molar-refractivity contribution in [3.8, 4) is 17.6 Å². The van der Waals surface area contributed by atoms with Crippen LogP contribution in [0.3, 0.4) is 0 Å². The van der Waals surface area contributed by atoms with Crippen LogP contribution < -0.4 is 4.74 Å². The number of hydrogen-bond acceptors (Lipinski definition) is 5. The third-order valence-corrected chi connectivity index (χ3v) is 2.81. The molecule has 0 aromatic heterocycles. The number of aromatic hydroxyl groups is 1. The average molecular weight is 262 g/mol. The molecule has 1 N–H and O–H groups in total. The second-order valence-electron chi connectivity index (χ2n) is 2.98. The van der Waals surface area contributed by atoms with Crippen molar-refractivity contribution in [2.24, 2.45) is 0 Å². The highest BCUT2D eigenvalue weighted by molar-refractivity contribution is 8.13. The summed E-state index contributed by atoms with van der Waals surface area (Å²) in [6, 6.07) is 4.38. The van der Waals surface area contributed by atoms with E-state index < -0.39 is 14.8 Å². The van der Waals surface area contributed by atoms with E-state index in [-0.39, 0.29) is 22.6 Å². The summed E-state index contributed by atoms with van der Waals surface area (Å²) in [6.07, 6.45) is 0. The molecule has 0 aliphatic heterocycles. The summed E-state index contributed by atoms with van der Waals surface area (Å²) in [5.74, 6) is -0.855. The minimum absolute atomic E-state index is 0.0332. The van der Waals surface area contributed by atoms with Crippen LogP contribution in [-0.4, -0.2) is 20.6 Å². The van der Waals surface area contributed by atoms with Gasteiger partial charge in [0.05, 0.1) is 24.5 Å². The summed E-state index contributed by atoms with van der Waals surface area (Å²) in [5.41, 5.74) is 0.218. The summed E-state index contributed by atoms with van der Waals surface area (Å²) in [6.45, 7) is 0. The Morgan fingerprint density at radius 2 is 2.19 bits per heavy atom. The number of methoxy groups -OCH3 is 1. The second kappa shape index (κ2) is 4.60. The largest absolute Gasteiger partial charge is 0.504 e. The lowest BCUT2D eigenvalue weighted by molar-refractivity contribution is 0.371. The molecule has 0 fully saturated rings. The van der Waals surface area contributed by atoms with Crippen LogP contribution in [0, 0.1) is 11.3 Å². The molecule has 0 radical (unpaired) electrons. The molecule has 0 unspecified atom stereocenters. The van der Waals surface area contributed by atoms with Gasteiger partial charge in [0.2, 0.25) is 9.05 Å². The van der Waals surface area contributed by atoms with Crippen molar-refractivity contribution in [1.29, 1.82) is 5.26 Å². The van der Waals surface area contributed by atoms with E-state index in [9.17, 15) is 13.5 Å². The fourth-order valence-corrected chi connectivity index (χ4v) is 2.13. The van der Waals surface area contributed by atoms with Gasteiger partial charge >= 0.3 is 0 Å². The molecule has 1 aromatic rings. The lowest BCUT2D eigenvalue weighted by atomic mass is 10.1. The number of phenols is 1. The molecule has 1 rings (SSSR count). The minimum atomic E-state index is -3.80. The van der Waals surface area contributed by atoms with E-state index in [2.05, 4.69) is 0 Å². The van der Waals surface area contributed by atoms with E-state index in [1.165, 1.54) is 19.2 Å². The third-order valence-electron chi connectivity index (χ3n) is 1.83. The summed E-state index contributed by atoms with van der Waals surface area (Å²) >= 11 is 0. The van der Waals surface area contributed by atoms with Gasteiger partial charge in [0.25, 0.3) is 0 Å². The van der Waals surface area contributed by atoms with Gasteiger partial charge in [-0.15, -0.1) is 0 Å². The van der Waals surface area contributed by atoms with E-state index in [1.807, 2.05) is 6.07 Å². The SMILES string of the molecule is COc1cc(C#N)cc(CS(=O)(=O)Cl)c1O. The molecule has 86 valence electrons. The molecular weight excluding hydrogens is 254 g/mol. The van der Waals surface area contributed by atoms with Gasteiger partial charge in [-0.05, 0) is 6.07 Å². The molecule has 0 saturated heterocycles. The molecule has 0 bridgehead atoms. The highest BCUT2D eigenvalue weighted by Gasteiger charge is 2.16. The highest BCUT2D eigenvalue weighted by Crippen LogP contribution is 2.32. The van der Waals surface area contributed by atoms with Crippen molar-refractivity contribution < 1.29 is 18.3 Å². The smallest absolute Gasteiger partial charge is 0.236 e. The van der Waals surface area contributed by atoms with Gasteiger partial charge in [-0.2, -0.15) is 5.26 Å². The predicted molar refractivity (Wildman–Crippen MR) is 57.9 cm³/mol. The molecule has 16 heavy (non-hydrogen) atoms. The molecule has 0 aliphatic rings. The monoisotopic (exact) mass is 261 g/mol. The maximum Gasteiger partial charge on any atom is 0.236 e. The summed E-state index contributed by atoms with van der Waals surface area (Å²) in [7, 11) is 2.57. The summed E-state index contributed by atoms with van der Waals surface area (Å²) in [5, 5.41) is 18.3. The lowest BCUT2D eigenvalue weighted by Crippen LogP contribution is -1.98. The molecule has 0 saturated carbocycles. The molecule has 0 amide bonds. The first kappa shape index (κ1) is 12.6. The quantitative estimate of drug-likeness (QED) is 0.830. The van der Waals surface area contributed by atoms with Crippen molar-refractivity contribution in [2.45, 2.75) is 5.75 Å². The maximum absolute atomic E-state index is 10.9. The van der Waals surface area contributed by atoms with E-state index >= 15 is 0 Å². The van der Waals surface area contributed by atoms with Gasteiger partial charge in [-0.25, -0.2) is 8.42 Å². The van der Waals surface area contributed by atoms with Gasteiger partial charge < -0.3 is 9.84 Å². The molecule has 0 spiro atoms. The number of hydrogen-bond donors (Lipinski definition) is 1. The van der Waals surface area contributed by atoms with Crippen LogP contribution in [0.5, 0.6) is 11.5 Å². The zero-order valence-electron chi connectivity index (χ0n) is 8.27. The normalized spacial score (nSPS) is 10.8. The van der Waals surface area contributed by atoms with Crippen molar-refractivity contribution in [3.63, 3.8) is 0 Å². The number of phenolic OH excluding ortho intramolecular Hbond substituents is 1. The molecule has 5 nitrogen and oxygen atoms in total. The van der Waals surface area contributed by atoms with Crippen molar-refractivity contribution in [1.82, 2.24) is 0 Å². The van der Waals surface area contributed by atoms with Gasteiger partial charge in [-0.3, -0.25) is 0 Å². The zero-order valence-corrected chi connectivity index (χ0v) is 9.84. The average Bonchev–Trinajstić information content (AvgIpc) is 2.19. The van der Waals surface area contributed by atoms with E-state index in [4.69, 9.17) is 20.7 Å². The van der Waals surface area contributed by atoms with E-state index in [1.54, 1.807) is 0 Å². The molecule has 0 atom stereocenters. The topological polar surface area (TPSA) is 87.4 Å². The van der Waals surface area contributed by atoms with Crippen LogP contribution in [0.4, 0.5) is 0 Å². The van der Waals surface area contributed by atoms with Crippen LogP contribution >= 0.6 is 10.7 Å². The first-order valence-corrected chi connectivity index (χ1v) is 6.57. The van der Waals surface area contributed by atoms with Crippen LogP contribution in [0.2, 0.25) is 0 Å². The van der Waals surface area contributed by atoms with Crippen LogP contribution in [-0.2, 0) is 14.8 Å². The predicted octanol–water partition coefficient (Wildman–Crippen LogP) is 1.34. The Hall–Kier alpha value is -1.45. The molecule has 0 heterocycles. The summed E-state index contributed by atoms with van der Waals surface area (Å²) < 4.78 is 26.6. The Balaban J connectivity index is 3.33. The first-order chi connectivity index (χ1) is 7.37. The van der Waals surface area contributed by atoms with E-state index in [0.717, 1.165) is 0 Å². The van der Waals surface area contributed by atoms with Crippen molar-refractivity contribution in [3.05, 3.63) is 23.3 Å². The number of nitriles is 1. The van der Waals surface area contributed by atoms with Gasteiger partial charge in [0, 0.05) is 22.3 Å². The number of nitrogens with zero attached hydrogens (tertiary/aromatic N) is 1. The number of rotatable bonds is 3. The van der Waals surface area contributed by atoms with Crippen LogP contribution in [0.15, 0.2) is 12.1 Å². The van der Waals surface area contributed by atoms with Crippen molar-refractivity contribution in [2.75, 3.05) is 7.11 Å². The fourth-order valence-electron chi connectivity index (χ4n) is 1.18. The Morgan fingerprint density at radius 3 is 2.62 bits per heavy atom. The van der Waals surface area contributed by atoms with Gasteiger partial charge in [0.15, 0.2) is 11.5 Å². The first-order valence-electron chi connectivity index (χ1n) is 4.09. The Labute approximate surface area is 97.3 Å². The number of benzene rings is 1. The standard InChI is InChI=1S/C9H8ClNO4S/c1-15-8-3-6(4-11)2-7(9(8)12)5-16(10,13)14/h2-3,12H,5H2,1H3. The van der Waals surface area contributed by atoms with Crippen LogP contribution in [0.1, 0.15) is 11.1 Å². The van der Waals surface area contributed by atoms with Crippen LogP contribution in [0.25, 0.3) is 0 Å². The van der Waals surface area contributed by atoms with E-state index in [0.29, 0.717) is 0 Å². The highest BCUT2D eigenvalue weighted by atomic mass is 35.7. The molecule has 7 heteroatoms. The molecular formula is C9H8ClNO4S. The van der Waals surface area contributed by atoms with Gasteiger partial charge in [-0.1, -0.05) is 0 Å². The number of ether oxygens (including phenoxy) is 1. The Bertz CT molecular complexity index is 547. The zero-order chi connectivity index (χ0) is 12.3. The lowest BCUT2D eigenvalue weighted by Gasteiger charge is -2.08. The fraction of sp³-hybridized carbons (Fsp3) is 0.222. The summed E-state index contributed by atoms with van der Waals surface area (Å²) in [4.78, 5) is 0. The second-order valence-corrected chi connectivity index (χ2v) is 5.76.